The van der Waals surface area contributed by atoms with Crippen LogP contribution in [-0.2, 0) is 9.53 Å². The van der Waals surface area contributed by atoms with Crippen LogP contribution in [0.4, 0.5) is 0 Å². The molecule has 1 amide bonds. The van der Waals surface area contributed by atoms with E-state index < -0.39 is 5.54 Å². The van der Waals surface area contributed by atoms with E-state index in [1.54, 1.807) is 12.4 Å². The summed E-state index contributed by atoms with van der Waals surface area (Å²) in [5, 5.41) is 3.00. The molecule has 3 atom stereocenters. The maximum absolute atomic E-state index is 12.6. The van der Waals surface area contributed by atoms with Crippen molar-refractivity contribution in [3.63, 3.8) is 0 Å². The standard InChI is InChI=1S/C16H25N3O2.ClH/c1-5-21-13-9-16(17,15(13,3)4)14(20)19-11(2)12-7-6-8-18-10-12;/h6-8,10-11,13H,5,9,17H2,1-4H3,(H,19,20);1H. The van der Waals surface area contributed by atoms with Gasteiger partial charge in [-0.15, -0.1) is 12.4 Å². The van der Waals surface area contributed by atoms with Crippen LogP contribution >= 0.6 is 12.4 Å². The molecule has 0 aliphatic heterocycles. The molecule has 1 saturated carbocycles. The number of aromatic nitrogens is 1. The van der Waals surface area contributed by atoms with Gasteiger partial charge in [0.25, 0.3) is 0 Å². The van der Waals surface area contributed by atoms with E-state index in [1.165, 1.54) is 0 Å². The topological polar surface area (TPSA) is 77.2 Å². The highest BCUT2D eigenvalue weighted by atomic mass is 35.5. The van der Waals surface area contributed by atoms with Gasteiger partial charge in [-0.3, -0.25) is 9.78 Å². The van der Waals surface area contributed by atoms with E-state index in [2.05, 4.69) is 10.3 Å². The zero-order chi connectivity index (χ0) is 15.7. The molecule has 1 aromatic rings. The van der Waals surface area contributed by atoms with E-state index in [-0.39, 0.29) is 35.9 Å². The Morgan fingerprint density at radius 1 is 1.59 bits per heavy atom. The summed E-state index contributed by atoms with van der Waals surface area (Å²) in [6.07, 6.45) is 4.05. The largest absolute Gasteiger partial charge is 0.378 e. The lowest BCUT2D eigenvalue weighted by Gasteiger charge is -2.57. The first-order chi connectivity index (χ1) is 9.83. The van der Waals surface area contributed by atoms with Crippen LogP contribution in [-0.4, -0.2) is 29.1 Å². The number of rotatable bonds is 5. The first-order valence-electron chi connectivity index (χ1n) is 7.44. The van der Waals surface area contributed by atoms with Crippen LogP contribution < -0.4 is 11.1 Å². The molecule has 1 fully saturated rings. The normalized spacial score (nSPS) is 27.2. The van der Waals surface area contributed by atoms with Crippen molar-refractivity contribution in [1.82, 2.24) is 10.3 Å². The number of carbonyl (C=O) groups excluding carboxylic acids is 1. The molecule has 3 N–H and O–H groups in total. The lowest BCUT2D eigenvalue weighted by Crippen LogP contribution is -2.75. The minimum absolute atomic E-state index is 0. The van der Waals surface area contributed by atoms with Crippen LogP contribution in [0, 0.1) is 5.41 Å². The first-order valence-corrected chi connectivity index (χ1v) is 7.44. The number of hydrogen-bond donors (Lipinski definition) is 2. The predicted molar refractivity (Wildman–Crippen MR) is 88.8 cm³/mol. The molecule has 0 bridgehead atoms. The molecule has 2 rings (SSSR count). The van der Waals surface area contributed by atoms with E-state index >= 15 is 0 Å². The Labute approximate surface area is 138 Å². The predicted octanol–water partition coefficient (Wildman–Crippen LogP) is 2.21. The van der Waals surface area contributed by atoms with Crippen LogP contribution in [0.5, 0.6) is 0 Å². The van der Waals surface area contributed by atoms with E-state index in [9.17, 15) is 4.79 Å². The van der Waals surface area contributed by atoms with Crippen LogP contribution in [0.25, 0.3) is 0 Å². The average Bonchev–Trinajstić information content (AvgIpc) is 2.47. The fraction of sp³-hybridized carbons (Fsp3) is 0.625. The number of nitrogens with two attached hydrogens (primary N) is 1. The van der Waals surface area contributed by atoms with Crippen molar-refractivity contribution in [1.29, 1.82) is 0 Å². The minimum atomic E-state index is -0.886. The van der Waals surface area contributed by atoms with Gasteiger partial charge in [-0.2, -0.15) is 0 Å². The highest BCUT2D eigenvalue weighted by molar-refractivity contribution is 5.89. The summed E-state index contributed by atoms with van der Waals surface area (Å²) in [7, 11) is 0. The third-order valence-electron chi connectivity index (χ3n) is 4.77. The maximum Gasteiger partial charge on any atom is 0.241 e. The molecule has 124 valence electrons. The number of amides is 1. The number of nitrogens with zero attached hydrogens (tertiary/aromatic N) is 1. The molecule has 0 saturated heterocycles. The summed E-state index contributed by atoms with van der Waals surface area (Å²) >= 11 is 0. The summed E-state index contributed by atoms with van der Waals surface area (Å²) in [5.41, 5.74) is 6.07. The summed E-state index contributed by atoms with van der Waals surface area (Å²) in [4.78, 5) is 16.7. The second kappa shape index (κ2) is 6.94. The molecule has 0 radical (unpaired) electrons. The summed E-state index contributed by atoms with van der Waals surface area (Å²) in [5.74, 6) is -0.125. The minimum Gasteiger partial charge on any atom is -0.378 e. The smallest absolute Gasteiger partial charge is 0.241 e. The van der Waals surface area contributed by atoms with Crippen molar-refractivity contribution in [2.45, 2.75) is 51.8 Å². The number of halogens is 1. The van der Waals surface area contributed by atoms with Crippen LogP contribution in [0.2, 0.25) is 0 Å². The molecular formula is C16H26ClN3O2. The quantitative estimate of drug-likeness (QED) is 0.869. The lowest BCUT2D eigenvalue weighted by atomic mass is 9.54. The third kappa shape index (κ3) is 3.12. The molecule has 0 aromatic carbocycles. The van der Waals surface area contributed by atoms with E-state index in [0.29, 0.717) is 13.0 Å². The van der Waals surface area contributed by atoms with Crippen molar-refractivity contribution in [3.8, 4) is 0 Å². The number of carbonyl (C=O) groups is 1. The van der Waals surface area contributed by atoms with Crippen molar-refractivity contribution < 1.29 is 9.53 Å². The molecule has 1 aromatic heterocycles. The van der Waals surface area contributed by atoms with E-state index in [1.807, 2.05) is 39.8 Å². The molecule has 5 nitrogen and oxygen atoms in total. The van der Waals surface area contributed by atoms with Gasteiger partial charge in [-0.05, 0) is 25.5 Å². The van der Waals surface area contributed by atoms with Crippen LogP contribution in [0.1, 0.15) is 45.7 Å². The zero-order valence-corrected chi connectivity index (χ0v) is 14.4. The van der Waals surface area contributed by atoms with Gasteiger partial charge >= 0.3 is 0 Å². The maximum atomic E-state index is 12.6. The van der Waals surface area contributed by atoms with Gasteiger partial charge in [0.2, 0.25) is 5.91 Å². The highest BCUT2D eigenvalue weighted by Crippen LogP contribution is 2.50. The van der Waals surface area contributed by atoms with E-state index in [0.717, 1.165) is 5.56 Å². The van der Waals surface area contributed by atoms with Gasteiger partial charge < -0.3 is 15.8 Å². The Kier molecular flexibility index (Phi) is 5.96. The molecule has 1 aliphatic rings. The molecule has 1 heterocycles. The number of hydrogen-bond acceptors (Lipinski definition) is 4. The number of pyridine rings is 1. The fourth-order valence-electron chi connectivity index (χ4n) is 2.86. The van der Waals surface area contributed by atoms with Gasteiger partial charge in [0.1, 0.15) is 5.54 Å². The number of ether oxygens (including phenoxy) is 1. The van der Waals surface area contributed by atoms with Gasteiger partial charge in [0.05, 0.1) is 12.1 Å². The summed E-state index contributed by atoms with van der Waals surface area (Å²) in [6.45, 7) is 8.51. The first kappa shape index (κ1) is 18.9. The highest BCUT2D eigenvalue weighted by Gasteiger charge is 2.62. The average molecular weight is 328 g/mol. The van der Waals surface area contributed by atoms with E-state index in [4.69, 9.17) is 10.5 Å². The molecule has 6 heteroatoms. The van der Waals surface area contributed by atoms with Crippen LogP contribution in [0.15, 0.2) is 24.5 Å². The van der Waals surface area contributed by atoms with Crippen molar-refractivity contribution >= 4 is 18.3 Å². The molecule has 0 spiro atoms. The Balaban J connectivity index is 0.00000242. The van der Waals surface area contributed by atoms with Crippen molar-refractivity contribution in [3.05, 3.63) is 30.1 Å². The van der Waals surface area contributed by atoms with Gasteiger partial charge in [0, 0.05) is 30.8 Å². The fourth-order valence-corrected chi connectivity index (χ4v) is 2.86. The van der Waals surface area contributed by atoms with Gasteiger partial charge in [-0.1, -0.05) is 19.9 Å². The summed E-state index contributed by atoms with van der Waals surface area (Å²) in [6, 6.07) is 3.68. The van der Waals surface area contributed by atoms with Crippen molar-refractivity contribution in [2.75, 3.05) is 6.61 Å². The Bertz CT molecular complexity index is 509. The second-order valence-corrected chi connectivity index (χ2v) is 6.32. The molecule has 22 heavy (non-hydrogen) atoms. The monoisotopic (exact) mass is 327 g/mol. The molecule has 1 aliphatic carbocycles. The molecule has 3 unspecified atom stereocenters. The Morgan fingerprint density at radius 2 is 2.27 bits per heavy atom. The molecular weight excluding hydrogens is 302 g/mol. The Hall–Kier alpha value is -1.17. The van der Waals surface area contributed by atoms with Gasteiger partial charge in [0.15, 0.2) is 0 Å². The lowest BCUT2D eigenvalue weighted by molar-refractivity contribution is -0.171. The third-order valence-corrected chi connectivity index (χ3v) is 4.77. The summed E-state index contributed by atoms with van der Waals surface area (Å²) < 4.78 is 5.66. The number of nitrogens with one attached hydrogen (secondary N) is 1. The zero-order valence-electron chi connectivity index (χ0n) is 13.6. The SMILES string of the molecule is CCOC1CC(N)(C(=O)NC(C)c2cccnc2)C1(C)C.Cl. The Morgan fingerprint density at radius 3 is 2.77 bits per heavy atom. The second-order valence-electron chi connectivity index (χ2n) is 6.32. The van der Waals surface area contributed by atoms with Crippen molar-refractivity contribution in [2.24, 2.45) is 11.1 Å². The van der Waals surface area contributed by atoms with Crippen LogP contribution in [0.3, 0.4) is 0 Å². The van der Waals surface area contributed by atoms with Gasteiger partial charge in [-0.25, -0.2) is 0 Å².